The number of aromatic nitrogens is 3. The average molecular weight is 319 g/mol. The van der Waals surface area contributed by atoms with Gasteiger partial charge in [0.15, 0.2) is 10.9 Å². The van der Waals surface area contributed by atoms with Crippen molar-refractivity contribution < 1.29 is 9.90 Å². The Morgan fingerprint density at radius 2 is 2.23 bits per heavy atom. The van der Waals surface area contributed by atoms with Gasteiger partial charge >= 0.3 is 0 Å². The summed E-state index contributed by atoms with van der Waals surface area (Å²) in [5.74, 6) is 0.413. The summed E-state index contributed by atoms with van der Waals surface area (Å²) in [6, 6.07) is 1.93. The van der Waals surface area contributed by atoms with E-state index in [0.717, 1.165) is 27.8 Å². The molecule has 0 spiro atoms. The lowest BCUT2D eigenvalue weighted by atomic mass is 10.2. The minimum absolute atomic E-state index is 0.0548. The van der Waals surface area contributed by atoms with Crippen LogP contribution in [0.3, 0.4) is 0 Å². The summed E-state index contributed by atoms with van der Waals surface area (Å²) < 4.78 is 3.88. The van der Waals surface area contributed by atoms with E-state index in [1.54, 1.807) is 10.8 Å². The fourth-order valence-electron chi connectivity index (χ4n) is 2.41. The average Bonchev–Trinajstić information content (AvgIpc) is 2.99. The SMILES string of the molecule is C=CCn1c(C)cc(C(=O)CSc2ncc(CO)n2C)c1C. The first-order chi connectivity index (χ1) is 10.5. The van der Waals surface area contributed by atoms with Crippen molar-refractivity contribution in [2.75, 3.05) is 5.75 Å². The van der Waals surface area contributed by atoms with Gasteiger partial charge in [-0.3, -0.25) is 4.79 Å². The molecule has 118 valence electrons. The lowest BCUT2D eigenvalue weighted by Gasteiger charge is -2.06. The molecular formula is C16H21N3O2S. The van der Waals surface area contributed by atoms with Crippen LogP contribution in [-0.4, -0.2) is 30.8 Å². The van der Waals surface area contributed by atoms with Crippen molar-refractivity contribution in [2.24, 2.45) is 7.05 Å². The van der Waals surface area contributed by atoms with Crippen molar-refractivity contribution in [2.45, 2.75) is 32.2 Å². The predicted octanol–water partition coefficient (Wildman–Crippen LogP) is 2.49. The van der Waals surface area contributed by atoms with Gasteiger partial charge < -0.3 is 14.2 Å². The molecule has 0 saturated carbocycles. The molecule has 1 N–H and O–H groups in total. The topological polar surface area (TPSA) is 60.1 Å². The van der Waals surface area contributed by atoms with Gasteiger partial charge in [-0.2, -0.15) is 0 Å². The highest BCUT2D eigenvalue weighted by Crippen LogP contribution is 2.21. The number of hydrogen-bond donors (Lipinski definition) is 1. The van der Waals surface area contributed by atoms with Gasteiger partial charge in [-0.25, -0.2) is 4.98 Å². The van der Waals surface area contributed by atoms with Gasteiger partial charge in [0.05, 0.1) is 24.3 Å². The van der Waals surface area contributed by atoms with Crippen molar-refractivity contribution in [1.29, 1.82) is 0 Å². The molecule has 0 aliphatic carbocycles. The number of aliphatic hydroxyl groups is 1. The Labute approximate surface area is 134 Å². The Bertz CT molecular complexity index is 701. The third-order valence-corrected chi connectivity index (χ3v) is 4.77. The molecule has 2 aromatic rings. The number of aryl methyl sites for hydroxylation is 1. The molecule has 0 atom stereocenters. The van der Waals surface area contributed by atoms with Crippen LogP contribution >= 0.6 is 11.8 Å². The molecule has 2 rings (SSSR count). The highest BCUT2D eigenvalue weighted by atomic mass is 32.2. The Morgan fingerprint density at radius 1 is 1.50 bits per heavy atom. The molecule has 0 aromatic carbocycles. The van der Waals surface area contributed by atoms with Crippen LogP contribution in [0.1, 0.15) is 27.4 Å². The second kappa shape index (κ2) is 6.98. The number of allylic oxidation sites excluding steroid dienone is 1. The fourth-order valence-corrected chi connectivity index (χ4v) is 3.26. The van der Waals surface area contributed by atoms with Crippen molar-refractivity contribution in [3.05, 3.63) is 47.6 Å². The van der Waals surface area contributed by atoms with Crippen molar-refractivity contribution in [3.63, 3.8) is 0 Å². The maximum absolute atomic E-state index is 12.4. The Morgan fingerprint density at radius 3 is 2.82 bits per heavy atom. The zero-order valence-corrected chi connectivity index (χ0v) is 14.0. The van der Waals surface area contributed by atoms with E-state index in [1.165, 1.54) is 11.8 Å². The Balaban J connectivity index is 2.11. The lowest BCUT2D eigenvalue weighted by molar-refractivity contribution is 0.102. The van der Waals surface area contributed by atoms with Gasteiger partial charge in [0.25, 0.3) is 0 Å². The first-order valence-electron chi connectivity index (χ1n) is 7.04. The molecule has 0 bridgehead atoms. The van der Waals surface area contributed by atoms with E-state index < -0.39 is 0 Å². The van der Waals surface area contributed by atoms with Crippen LogP contribution in [0.25, 0.3) is 0 Å². The maximum Gasteiger partial charge on any atom is 0.175 e. The summed E-state index contributed by atoms with van der Waals surface area (Å²) in [6.45, 7) is 8.35. The second-order valence-electron chi connectivity index (χ2n) is 5.15. The smallest absolute Gasteiger partial charge is 0.175 e. The summed E-state index contributed by atoms with van der Waals surface area (Å²) in [5, 5.41) is 9.89. The number of carbonyl (C=O) groups excluding carboxylic acids is 1. The molecular weight excluding hydrogens is 298 g/mol. The molecule has 0 unspecified atom stereocenters. The van der Waals surface area contributed by atoms with Crippen molar-refractivity contribution in [3.8, 4) is 0 Å². The zero-order valence-electron chi connectivity index (χ0n) is 13.2. The van der Waals surface area contributed by atoms with Crippen LogP contribution in [0.2, 0.25) is 0 Å². The van der Waals surface area contributed by atoms with E-state index in [0.29, 0.717) is 12.3 Å². The van der Waals surface area contributed by atoms with Crippen LogP contribution in [-0.2, 0) is 20.2 Å². The number of rotatable bonds is 7. The summed E-state index contributed by atoms with van der Waals surface area (Å²) >= 11 is 1.39. The maximum atomic E-state index is 12.4. The fraction of sp³-hybridized carbons (Fsp3) is 0.375. The summed E-state index contributed by atoms with van der Waals surface area (Å²) in [5.41, 5.74) is 3.52. The van der Waals surface area contributed by atoms with Crippen LogP contribution in [0.5, 0.6) is 0 Å². The minimum Gasteiger partial charge on any atom is -0.390 e. The molecule has 0 aliphatic rings. The van der Waals surface area contributed by atoms with E-state index >= 15 is 0 Å². The number of ketones is 1. The number of Topliss-reactive ketones (excluding diaryl/α,β-unsaturated/α-hetero) is 1. The molecule has 0 saturated heterocycles. The normalized spacial score (nSPS) is 10.9. The van der Waals surface area contributed by atoms with Crippen LogP contribution < -0.4 is 0 Å². The molecule has 2 aromatic heterocycles. The van der Waals surface area contributed by atoms with E-state index in [9.17, 15) is 4.79 Å². The van der Waals surface area contributed by atoms with Crippen molar-refractivity contribution >= 4 is 17.5 Å². The summed E-state index contributed by atoms with van der Waals surface area (Å²) in [4.78, 5) is 16.7. The monoisotopic (exact) mass is 319 g/mol. The Kier molecular flexibility index (Phi) is 5.26. The number of hydrogen-bond acceptors (Lipinski definition) is 4. The highest BCUT2D eigenvalue weighted by Gasteiger charge is 2.16. The zero-order chi connectivity index (χ0) is 16.3. The van der Waals surface area contributed by atoms with E-state index in [1.807, 2.05) is 33.0 Å². The largest absolute Gasteiger partial charge is 0.390 e. The third kappa shape index (κ3) is 3.18. The Hall–Kier alpha value is -1.79. The van der Waals surface area contributed by atoms with Crippen LogP contribution in [0.4, 0.5) is 0 Å². The van der Waals surface area contributed by atoms with Crippen molar-refractivity contribution in [1.82, 2.24) is 14.1 Å². The van der Waals surface area contributed by atoms with Gasteiger partial charge in [0.1, 0.15) is 0 Å². The molecule has 0 radical (unpaired) electrons. The number of carbonyl (C=O) groups is 1. The van der Waals surface area contributed by atoms with Gasteiger partial charge in [-0.15, -0.1) is 6.58 Å². The van der Waals surface area contributed by atoms with E-state index in [2.05, 4.69) is 16.1 Å². The number of thioether (sulfide) groups is 1. The molecule has 2 heterocycles. The molecule has 5 nitrogen and oxygen atoms in total. The highest BCUT2D eigenvalue weighted by molar-refractivity contribution is 7.99. The van der Waals surface area contributed by atoms with Gasteiger partial charge in [0, 0.05) is 30.5 Å². The first kappa shape index (κ1) is 16.6. The molecule has 22 heavy (non-hydrogen) atoms. The van der Waals surface area contributed by atoms with Gasteiger partial charge in [-0.1, -0.05) is 17.8 Å². The third-order valence-electron chi connectivity index (χ3n) is 3.72. The standard InChI is InChI=1S/C16H21N3O2S/c1-5-6-19-11(2)7-14(12(19)3)15(21)10-22-16-17-8-13(9-20)18(16)4/h5,7-8,20H,1,6,9-10H2,2-4H3. The van der Waals surface area contributed by atoms with E-state index in [-0.39, 0.29) is 12.4 Å². The molecule has 0 aliphatic heterocycles. The second-order valence-corrected chi connectivity index (χ2v) is 6.09. The minimum atomic E-state index is -0.0548. The summed E-state index contributed by atoms with van der Waals surface area (Å²) in [6.07, 6.45) is 3.45. The summed E-state index contributed by atoms with van der Waals surface area (Å²) in [7, 11) is 1.83. The number of nitrogens with zero attached hydrogens (tertiary/aromatic N) is 3. The number of imidazole rings is 1. The van der Waals surface area contributed by atoms with Gasteiger partial charge in [0.2, 0.25) is 0 Å². The van der Waals surface area contributed by atoms with E-state index in [4.69, 9.17) is 5.11 Å². The first-order valence-corrected chi connectivity index (χ1v) is 8.03. The lowest BCUT2D eigenvalue weighted by Crippen LogP contribution is -2.07. The molecule has 6 heteroatoms. The van der Waals surface area contributed by atoms with Gasteiger partial charge in [-0.05, 0) is 19.9 Å². The quantitative estimate of drug-likeness (QED) is 0.484. The molecule has 0 fully saturated rings. The number of aliphatic hydroxyl groups excluding tert-OH is 1. The van der Waals surface area contributed by atoms with Crippen LogP contribution in [0.15, 0.2) is 30.1 Å². The van der Waals surface area contributed by atoms with Crippen LogP contribution in [0, 0.1) is 13.8 Å². The molecule has 0 amide bonds. The predicted molar refractivity (Wildman–Crippen MR) is 88.3 cm³/mol.